The minimum atomic E-state index is 0. The summed E-state index contributed by atoms with van der Waals surface area (Å²) in [6.07, 6.45) is 22.6. The molecule has 20 heterocycles. The number of hydrogen-bond donors (Lipinski definition) is 12. The first kappa shape index (κ1) is 122. The summed E-state index contributed by atoms with van der Waals surface area (Å²) in [5, 5.41) is 57.0. The van der Waals surface area contributed by atoms with Gasteiger partial charge in [0.15, 0.2) is 29.1 Å². The molecule has 21 rings (SSSR count). The van der Waals surface area contributed by atoms with Crippen molar-refractivity contribution < 1.29 is 37.9 Å². The van der Waals surface area contributed by atoms with Crippen molar-refractivity contribution in [2.24, 2.45) is 7.05 Å². The van der Waals surface area contributed by atoms with E-state index in [0.29, 0.717) is 35.7 Å². The number of imidazole rings is 1. The lowest BCUT2D eigenvalue weighted by Crippen LogP contribution is -3.15. The molecule has 0 aliphatic carbocycles. The first-order valence-electron chi connectivity index (χ1n) is 50.6. The molecule has 150 heavy (non-hydrogen) atoms. The van der Waals surface area contributed by atoms with Gasteiger partial charge in [-0.25, -0.2) is 40.7 Å². The molecular weight excluding hydrogens is 1880 g/mol. The van der Waals surface area contributed by atoms with Crippen LogP contribution in [-0.4, -0.2) is 327 Å². The van der Waals surface area contributed by atoms with E-state index in [-0.39, 0.29) is 65.2 Å². The number of benzene rings is 1. The molecule has 0 spiro atoms. The Balaban J connectivity index is 0.000000212. The second-order valence-corrected chi connectivity index (χ2v) is 41.5. The van der Waals surface area contributed by atoms with Crippen molar-refractivity contribution in [3.63, 3.8) is 0 Å². The molecule has 38 heteroatoms. The monoisotopic (exact) mass is 2060 g/mol. The molecule has 16 aromatic rings. The van der Waals surface area contributed by atoms with E-state index in [2.05, 4.69) is 189 Å². The predicted molar refractivity (Wildman–Crippen MR) is 627 cm³/mol. The summed E-state index contributed by atoms with van der Waals surface area (Å²) < 4.78 is 27.6. The number of quaternary nitrogens is 6. The highest BCUT2D eigenvalue weighted by Crippen LogP contribution is 2.38. The number of nitrogens with zero attached hydrogens (tertiary/aromatic N) is 25. The van der Waals surface area contributed by atoms with E-state index in [1.54, 1.807) is 9.03 Å². The summed E-state index contributed by atoms with van der Waals surface area (Å²) in [6, 6.07) is 46.6. The molecule has 0 amide bonds. The Morgan fingerprint density at radius 3 is 1.46 bits per heavy atom. The van der Waals surface area contributed by atoms with Crippen molar-refractivity contribution in [2.45, 2.75) is 85.7 Å². The van der Waals surface area contributed by atoms with Crippen LogP contribution in [0.25, 0.3) is 38.6 Å². The number of aromatic nitrogens is 16. The number of aryl methyl sites for hydroxylation is 6. The highest BCUT2D eigenvalue weighted by Gasteiger charge is 2.39. The number of nitrogens with one attached hydrogen (secondary N) is 3. The average Bonchev–Trinajstić information content (AvgIpc) is 1.61. The molecule has 5 fully saturated rings. The van der Waals surface area contributed by atoms with Gasteiger partial charge in [-0.05, 0) is 130 Å². The maximum absolute atomic E-state index is 9.28. The van der Waals surface area contributed by atoms with Crippen LogP contribution in [0.15, 0.2) is 189 Å². The summed E-state index contributed by atoms with van der Waals surface area (Å²) in [7, 11) is 22.0. The summed E-state index contributed by atoms with van der Waals surface area (Å²) >= 11 is 0. The fraction of sp³-hybridized carbons (Fsp3) is 0.420. The third kappa shape index (κ3) is 28.5. The highest BCUT2D eigenvalue weighted by molar-refractivity contribution is 5.86. The fourth-order valence-electron chi connectivity index (χ4n) is 19.8. The van der Waals surface area contributed by atoms with Crippen molar-refractivity contribution in [1.82, 2.24) is 85.7 Å². The minimum absolute atomic E-state index is 0. The van der Waals surface area contributed by atoms with Gasteiger partial charge in [0.2, 0.25) is 6.33 Å². The number of ether oxygens (including phenoxy) is 1. The normalized spacial score (nSPS) is 15.7. The maximum atomic E-state index is 9.28. The summed E-state index contributed by atoms with van der Waals surface area (Å²) in [5.74, 6) is 5.74. The van der Waals surface area contributed by atoms with Crippen LogP contribution in [0.5, 0.6) is 5.88 Å². The lowest BCUT2D eigenvalue weighted by Gasteiger charge is -2.42. The number of likely N-dealkylation sites (tertiary alicyclic amines) is 1. The average molecular weight is 2060 g/mol. The molecule has 1 aromatic carbocycles. The zero-order chi connectivity index (χ0) is 102. The van der Waals surface area contributed by atoms with E-state index in [0.717, 1.165) is 243 Å². The molecule has 1 atom stereocenters. The number of nitrogens with two attached hydrogens (primary N) is 7. The lowest BCUT2D eigenvalue weighted by molar-refractivity contribution is -0.913. The molecule has 38 nitrogen and oxygen atoms in total. The lowest BCUT2D eigenvalue weighted by atomic mass is 10.2. The molecule has 0 saturated carbocycles. The van der Waals surface area contributed by atoms with Crippen molar-refractivity contribution in [3.05, 3.63) is 264 Å². The third-order valence-corrected chi connectivity index (χ3v) is 29.3. The van der Waals surface area contributed by atoms with Gasteiger partial charge in [0, 0.05) is 132 Å². The summed E-state index contributed by atoms with van der Waals surface area (Å²) in [5.41, 5.74) is 62.3. The number of hydrogen-bond acceptors (Lipinski definition) is 23. The summed E-state index contributed by atoms with van der Waals surface area (Å²) in [6.45, 7) is 34.8. The zero-order valence-corrected chi connectivity index (χ0v) is 93.9. The van der Waals surface area contributed by atoms with Crippen LogP contribution in [0.4, 0.5) is 86.1 Å². The van der Waals surface area contributed by atoms with Gasteiger partial charge in [-0.15, -0.1) is 35.7 Å². The smallest absolute Gasteiger partial charge is 0.270 e. The van der Waals surface area contributed by atoms with Crippen LogP contribution in [0.2, 0.25) is 0 Å². The molecule has 0 radical (unpaired) electrons. The Morgan fingerprint density at radius 2 is 0.960 bits per heavy atom. The van der Waals surface area contributed by atoms with E-state index in [1.807, 2.05) is 193 Å². The maximum Gasteiger partial charge on any atom is 0.270 e. The van der Waals surface area contributed by atoms with Crippen molar-refractivity contribution in [3.8, 4) is 5.88 Å². The summed E-state index contributed by atoms with van der Waals surface area (Å²) in [4.78, 5) is 10.8. The van der Waals surface area contributed by atoms with E-state index >= 15 is 0 Å². The van der Waals surface area contributed by atoms with E-state index in [4.69, 9.17) is 60.2 Å². The number of aliphatic hydroxyl groups excluding tert-OH is 2. The largest absolute Gasteiger partial charge is 0.475 e. The number of rotatable bonds is 23. The van der Waals surface area contributed by atoms with Gasteiger partial charge in [0.05, 0.1) is 221 Å². The molecule has 820 valence electrons. The minimum Gasteiger partial charge on any atom is -0.475 e. The highest BCUT2D eigenvalue weighted by atomic mass is 16.5. The molecule has 5 saturated heterocycles. The van der Waals surface area contributed by atoms with Crippen LogP contribution in [0, 0.1) is 79.7 Å². The Hall–Kier alpha value is -13.7. The first-order valence-corrected chi connectivity index (χ1v) is 50.6. The molecular formula is C112H179N35O3. The van der Waals surface area contributed by atoms with Gasteiger partial charge in [0.25, 0.3) is 11.7 Å². The zero-order valence-electron chi connectivity index (χ0n) is 93.9. The van der Waals surface area contributed by atoms with Gasteiger partial charge in [-0.3, -0.25) is 13.9 Å². The molecule has 1 unspecified atom stereocenters. The van der Waals surface area contributed by atoms with Gasteiger partial charge >= 0.3 is 0 Å². The molecule has 19 N–H and O–H groups in total. The number of aliphatic hydroxyl groups is 2. The van der Waals surface area contributed by atoms with Crippen molar-refractivity contribution in [2.75, 3.05) is 286 Å². The molecule has 5 aliphatic heterocycles. The SMILES string of the molecule is CCC[N+]1(C)CCN(CCNc2nn3ccccc3c2N)CC1.C[N+](C)(C)c1ccc(Nc2nn3ccccc3c2N)cc1.C[N+]1(C)CCCN(c2nn3ccccc3c2N)CC1.C[n+]1ccn(CCCOc2nn3ccccc3c2N)c1.Cc1ccc2c(N)c(N3CCC([N+](C)(C)CCO)C3)nn2c1C.Cc1ccc2c(N)c([N+]3(C)CCCC3)nn2c1C.Nc1c(N2CC[NH+](CCO)CC2)nn2ccccc12.[CH3-].[CH3-].[CH3-].[CH3-].[CH3-].[CH3-].[CH3-]. The second kappa shape index (κ2) is 53.1. The van der Waals surface area contributed by atoms with Crippen LogP contribution in [-0.2, 0) is 13.6 Å². The Morgan fingerprint density at radius 1 is 0.473 bits per heavy atom. The first-order chi connectivity index (χ1) is 68.5. The van der Waals surface area contributed by atoms with Crippen molar-refractivity contribution in [1.29, 1.82) is 0 Å². The number of piperazine rings is 2. The number of fused-ring (bicyclic) bond motifs is 7. The van der Waals surface area contributed by atoms with Gasteiger partial charge in [-0.2, -0.15) is 0 Å². The standard InChI is InChI=1S/C17H29N6.C17H28N5O.C16H20N5.C14H18N5O.C14H22N5.C14H21N4.C13H19N5O.7CH3/c1-3-12-23(2)13-10-21(11-14-23)9-7-19-17-16(18)15-6-4-5-8-22(15)20-17;1-12-5-6-15-16(18)17(19-21(15)13(12)2)20-8-7-14(11-20)22(3,4)9-10-23;1-21(2,3)13-9-7-12(8-10-13)18-16-15(17)14-6-4-5-11-20(14)19-16;1-17-8-9-18(11-17)6-4-10-20-14-13(15)12-5-2-3-7-19(12)16-14;1-19(2)10-5-7-17(9-11-19)14-13(15)12-6-3-4-8-18(12)16-14;1-10-6-7-12-13(15)14(16-17(12)11(10)2)18(3)8-4-5-9-18;14-12-11-3-1-2-4-18(11)15-13(12)17-7-5-16(6-8-17)9-10-19;;;;;;;/h4-6,8H,3,7,9-14,18H2,1-2H3,(H,19,20);5-6,14,23H,7-11,18H2,1-4H3;4-11H,17H2,1-3H3,(H,18,19);2-3,5,7-9,11H,4,6,10,15H2,1H3;3-4,6,8H,5,7,9-11,15H2,1-2H3;6-7H,4-5,8-9,15H2,1-3H3;1-4,19H,5-10,14H2;7*1H3/q6*+1;;7*-1/p+1. The number of nitrogen functional groups attached to an aromatic ring is 7. The number of likely N-dealkylation sites (N-methyl/N-ethyl adjacent to an activating group) is 3. The van der Waals surface area contributed by atoms with Crippen LogP contribution in [0.1, 0.15) is 68.0 Å². The number of anilines is 13. The second-order valence-electron chi connectivity index (χ2n) is 41.5. The van der Waals surface area contributed by atoms with Gasteiger partial charge in [-0.1, -0.05) is 49.4 Å². The Labute approximate surface area is 891 Å². The van der Waals surface area contributed by atoms with Crippen LogP contribution >= 0.6 is 0 Å². The third-order valence-electron chi connectivity index (χ3n) is 29.3. The van der Waals surface area contributed by atoms with E-state index < -0.39 is 0 Å². The molecule has 5 aliphatic rings. The predicted octanol–water partition coefficient (Wildman–Crippen LogP) is 11.8. The van der Waals surface area contributed by atoms with E-state index in [9.17, 15) is 5.11 Å². The molecule has 0 bridgehead atoms. The van der Waals surface area contributed by atoms with Crippen LogP contribution in [0.3, 0.4) is 0 Å². The Bertz CT molecular complexity index is 6890. The quantitative estimate of drug-likeness (QED) is 0.0122. The van der Waals surface area contributed by atoms with Gasteiger partial charge < -0.3 is 151 Å². The number of pyridine rings is 7. The molecule has 15 aromatic heterocycles. The van der Waals surface area contributed by atoms with E-state index in [1.165, 1.54) is 96.8 Å². The fourth-order valence-corrected chi connectivity index (χ4v) is 19.8. The Kier molecular flexibility index (Phi) is 43.0. The van der Waals surface area contributed by atoms with Crippen molar-refractivity contribution >= 4 is 125 Å². The van der Waals surface area contributed by atoms with Gasteiger partial charge in [0.1, 0.15) is 77.0 Å². The topological polar surface area (TPSA) is 403 Å². The van der Waals surface area contributed by atoms with Crippen LogP contribution < -0.4 is 88.6 Å².